The van der Waals surface area contributed by atoms with E-state index in [2.05, 4.69) is 36.8 Å². The zero-order valence-corrected chi connectivity index (χ0v) is 12.5. The van der Waals surface area contributed by atoms with E-state index in [0.29, 0.717) is 6.61 Å². The van der Waals surface area contributed by atoms with Gasteiger partial charge in [-0.05, 0) is 50.9 Å². The first-order chi connectivity index (χ1) is 7.66. The molecule has 2 aromatic rings. The Hall–Kier alpha value is -0.390. The molecule has 0 N–H and O–H groups in total. The van der Waals surface area contributed by atoms with E-state index in [1.807, 2.05) is 30.5 Å². The molecule has 0 atom stereocenters. The second-order valence-electron chi connectivity index (χ2n) is 3.20. The molecule has 5 heteroatoms. The Morgan fingerprint density at radius 1 is 1.31 bits per heavy atom. The highest BCUT2D eigenvalue weighted by molar-refractivity contribution is 9.11. The van der Waals surface area contributed by atoms with Gasteiger partial charge in [-0.3, -0.25) is 0 Å². The third kappa shape index (κ3) is 2.84. The van der Waals surface area contributed by atoms with Crippen LogP contribution in [0.1, 0.15) is 10.7 Å². The van der Waals surface area contributed by atoms with Gasteiger partial charge in [-0.25, -0.2) is 4.98 Å². The van der Waals surface area contributed by atoms with Crippen LogP contribution in [0.15, 0.2) is 32.5 Å². The molecule has 84 valence electrons. The zero-order chi connectivity index (χ0) is 11.5. The summed E-state index contributed by atoms with van der Waals surface area (Å²) in [6.07, 6.45) is 0. The lowest BCUT2D eigenvalue weighted by Crippen LogP contribution is -1.97. The van der Waals surface area contributed by atoms with Gasteiger partial charge in [0.15, 0.2) is 0 Å². The highest BCUT2D eigenvalue weighted by atomic mass is 79.9. The fraction of sp³-hybridized carbons (Fsp3) is 0.182. The number of para-hydroxylation sites is 1. The van der Waals surface area contributed by atoms with Crippen molar-refractivity contribution < 1.29 is 4.74 Å². The fourth-order valence-corrected chi connectivity index (χ4v) is 3.07. The number of halogens is 2. The average Bonchev–Trinajstić information content (AvgIpc) is 2.63. The number of hydrogen-bond acceptors (Lipinski definition) is 3. The molecule has 1 aromatic carbocycles. The third-order valence-electron chi connectivity index (χ3n) is 1.95. The van der Waals surface area contributed by atoms with Gasteiger partial charge in [0.25, 0.3) is 0 Å². The summed E-state index contributed by atoms with van der Waals surface area (Å²) < 4.78 is 7.59. The van der Waals surface area contributed by atoms with Crippen LogP contribution in [-0.4, -0.2) is 4.98 Å². The normalized spacial score (nSPS) is 10.4. The molecular formula is C11H9Br2NOS. The standard InChI is InChI=1S/C11H9Br2NOS/c1-7-14-8(6-16-7)5-15-11-9(12)3-2-4-10(11)13/h2-4,6H,5H2,1H3. The minimum Gasteiger partial charge on any atom is -0.485 e. The molecule has 1 heterocycles. The minimum absolute atomic E-state index is 0.492. The van der Waals surface area contributed by atoms with E-state index < -0.39 is 0 Å². The molecule has 0 saturated heterocycles. The summed E-state index contributed by atoms with van der Waals surface area (Å²) in [4.78, 5) is 4.35. The van der Waals surface area contributed by atoms with Crippen LogP contribution in [0.4, 0.5) is 0 Å². The van der Waals surface area contributed by atoms with Crippen LogP contribution in [0, 0.1) is 6.92 Å². The van der Waals surface area contributed by atoms with Crippen molar-refractivity contribution in [1.82, 2.24) is 4.98 Å². The van der Waals surface area contributed by atoms with Crippen LogP contribution in [0.25, 0.3) is 0 Å². The van der Waals surface area contributed by atoms with Crippen LogP contribution < -0.4 is 4.74 Å². The monoisotopic (exact) mass is 361 g/mol. The lowest BCUT2D eigenvalue weighted by atomic mass is 10.3. The molecule has 0 aliphatic rings. The lowest BCUT2D eigenvalue weighted by molar-refractivity contribution is 0.298. The van der Waals surface area contributed by atoms with E-state index in [1.165, 1.54) is 0 Å². The Labute approximate surface area is 115 Å². The quantitative estimate of drug-likeness (QED) is 0.798. The molecule has 0 fully saturated rings. The van der Waals surface area contributed by atoms with E-state index >= 15 is 0 Å². The van der Waals surface area contributed by atoms with Gasteiger partial charge in [0, 0.05) is 5.38 Å². The highest BCUT2D eigenvalue weighted by Gasteiger charge is 2.07. The van der Waals surface area contributed by atoms with Crippen molar-refractivity contribution in [2.24, 2.45) is 0 Å². The topological polar surface area (TPSA) is 22.1 Å². The van der Waals surface area contributed by atoms with Crippen molar-refractivity contribution in [2.75, 3.05) is 0 Å². The Morgan fingerprint density at radius 3 is 2.56 bits per heavy atom. The van der Waals surface area contributed by atoms with E-state index in [4.69, 9.17) is 4.74 Å². The molecule has 0 spiro atoms. The number of aryl methyl sites for hydroxylation is 1. The summed E-state index contributed by atoms with van der Waals surface area (Å²) >= 11 is 8.54. The Balaban J connectivity index is 2.10. The number of hydrogen-bond donors (Lipinski definition) is 0. The van der Waals surface area contributed by atoms with Gasteiger partial charge in [-0.15, -0.1) is 11.3 Å². The number of thiazole rings is 1. The Morgan fingerprint density at radius 2 is 2.00 bits per heavy atom. The summed E-state index contributed by atoms with van der Waals surface area (Å²) in [5.41, 5.74) is 0.963. The SMILES string of the molecule is Cc1nc(COc2c(Br)cccc2Br)cs1. The first-order valence-electron chi connectivity index (χ1n) is 4.64. The minimum atomic E-state index is 0.492. The number of benzene rings is 1. The lowest BCUT2D eigenvalue weighted by Gasteiger charge is -2.08. The number of aromatic nitrogens is 1. The van der Waals surface area contributed by atoms with Gasteiger partial charge in [0.2, 0.25) is 0 Å². The maximum absolute atomic E-state index is 5.72. The third-order valence-corrected chi connectivity index (χ3v) is 4.02. The number of nitrogens with zero attached hydrogens (tertiary/aromatic N) is 1. The molecule has 2 nitrogen and oxygen atoms in total. The number of rotatable bonds is 3. The van der Waals surface area contributed by atoms with Crippen molar-refractivity contribution in [1.29, 1.82) is 0 Å². The summed E-state index contributed by atoms with van der Waals surface area (Å²) in [6.45, 7) is 2.48. The smallest absolute Gasteiger partial charge is 0.148 e. The molecular weight excluding hydrogens is 354 g/mol. The molecule has 1 aromatic heterocycles. The predicted octanol–water partition coefficient (Wildman–Crippen LogP) is 4.56. The number of ether oxygens (including phenoxy) is 1. The summed E-state index contributed by atoms with van der Waals surface area (Å²) in [5.74, 6) is 0.813. The van der Waals surface area contributed by atoms with Crippen LogP contribution in [0.5, 0.6) is 5.75 Å². The first-order valence-corrected chi connectivity index (χ1v) is 7.11. The largest absolute Gasteiger partial charge is 0.485 e. The summed E-state index contributed by atoms with van der Waals surface area (Å²) in [7, 11) is 0. The predicted molar refractivity (Wildman–Crippen MR) is 73.0 cm³/mol. The summed E-state index contributed by atoms with van der Waals surface area (Å²) in [5, 5.41) is 3.07. The molecule has 16 heavy (non-hydrogen) atoms. The second-order valence-corrected chi connectivity index (χ2v) is 5.97. The Bertz CT molecular complexity index is 478. The highest BCUT2D eigenvalue weighted by Crippen LogP contribution is 2.33. The van der Waals surface area contributed by atoms with Crippen molar-refractivity contribution in [3.05, 3.63) is 43.2 Å². The van der Waals surface area contributed by atoms with Crippen molar-refractivity contribution in [3.8, 4) is 5.75 Å². The van der Waals surface area contributed by atoms with Gasteiger partial charge < -0.3 is 4.74 Å². The maximum Gasteiger partial charge on any atom is 0.148 e. The Kier molecular flexibility index (Phi) is 4.00. The molecule has 0 amide bonds. The molecule has 0 bridgehead atoms. The maximum atomic E-state index is 5.72. The van der Waals surface area contributed by atoms with E-state index in [0.717, 1.165) is 25.4 Å². The van der Waals surface area contributed by atoms with E-state index in [9.17, 15) is 0 Å². The van der Waals surface area contributed by atoms with Crippen LogP contribution >= 0.6 is 43.2 Å². The van der Waals surface area contributed by atoms with Crippen LogP contribution in [0.3, 0.4) is 0 Å². The molecule has 0 radical (unpaired) electrons. The zero-order valence-electron chi connectivity index (χ0n) is 8.54. The average molecular weight is 363 g/mol. The van der Waals surface area contributed by atoms with Crippen molar-refractivity contribution in [2.45, 2.75) is 13.5 Å². The van der Waals surface area contributed by atoms with E-state index in [1.54, 1.807) is 11.3 Å². The molecule has 0 saturated carbocycles. The van der Waals surface area contributed by atoms with Crippen LogP contribution in [0.2, 0.25) is 0 Å². The second kappa shape index (κ2) is 5.29. The van der Waals surface area contributed by atoms with E-state index in [-0.39, 0.29) is 0 Å². The molecule has 0 unspecified atom stereocenters. The van der Waals surface area contributed by atoms with Gasteiger partial charge in [0.05, 0.1) is 19.6 Å². The van der Waals surface area contributed by atoms with Gasteiger partial charge in [-0.2, -0.15) is 0 Å². The van der Waals surface area contributed by atoms with Gasteiger partial charge >= 0.3 is 0 Å². The van der Waals surface area contributed by atoms with Crippen molar-refractivity contribution >= 4 is 43.2 Å². The first kappa shape index (κ1) is 12.1. The fourth-order valence-electron chi connectivity index (χ4n) is 1.24. The molecule has 2 rings (SSSR count). The molecule has 0 aliphatic carbocycles. The van der Waals surface area contributed by atoms with Gasteiger partial charge in [0.1, 0.15) is 12.4 Å². The van der Waals surface area contributed by atoms with Gasteiger partial charge in [-0.1, -0.05) is 6.07 Å². The van der Waals surface area contributed by atoms with Crippen molar-refractivity contribution in [3.63, 3.8) is 0 Å². The van der Waals surface area contributed by atoms with Crippen LogP contribution in [-0.2, 0) is 6.61 Å². The molecule has 0 aliphatic heterocycles. The summed E-state index contributed by atoms with van der Waals surface area (Å²) in [6, 6.07) is 5.85.